The molecule has 2 N–H and O–H groups in total. The minimum absolute atomic E-state index is 0.231. The molecule has 0 unspecified atom stereocenters. The van der Waals surface area contributed by atoms with Crippen molar-refractivity contribution in [2.24, 2.45) is 0 Å². The summed E-state index contributed by atoms with van der Waals surface area (Å²) in [5.41, 5.74) is 0.557. The molecule has 1 aromatic carbocycles. The first-order chi connectivity index (χ1) is 11.0. The SMILES string of the molecule is CC(C)(C)NC(=O)NCC#CCOc1cccc2cccnc12. The quantitative estimate of drug-likeness (QED) is 0.857. The molecule has 0 bridgehead atoms. The first-order valence-electron chi connectivity index (χ1n) is 7.44. The van der Waals surface area contributed by atoms with Gasteiger partial charge in [0.25, 0.3) is 0 Å². The average Bonchev–Trinajstić information content (AvgIpc) is 2.49. The fourth-order valence-electron chi connectivity index (χ4n) is 1.93. The Morgan fingerprint density at radius 1 is 1.22 bits per heavy atom. The van der Waals surface area contributed by atoms with Gasteiger partial charge >= 0.3 is 6.03 Å². The number of carbonyl (C=O) groups excluding carboxylic acids is 1. The van der Waals surface area contributed by atoms with E-state index in [9.17, 15) is 4.79 Å². The Hall–Kier alpha value is -2.74. The molecule has 2 amide bonds. The zero-order valence-electron chi connectivity index (χ0n) is 13.6. The molecule has 1 aromatic heterocycles. The highest BCUT2D eigenvalue weighted by molar-refractivity contribution is 5.84. The summed E-state index contributed by atoms with van der Waals surface area (Å²) < 4.78 is 5.64. The van der Waals surface area contributed by atoms with Crippen LogP contribution in [0.3, 0.4) is 0 Å². The number of hydrogen-bond donors (Lipinski definition) is 2. The Morgan fingerprint density at radius 3 is 2.78 bits per heavy atom. The predicted molar refractivity (Wildman–Crippen MR) is 91.3 cm³/mol. The molecule has 2 aromatic rings. The average molecular weight is 311 g/mol. The fourth-order valence-corrected chi connectivity index (χ4v) is 1.93. The van der Waals surface area contributed by atoms with Crippen LogP contribution in [0.2, 0.25) is 0 Å². The van der Waals surface area contributed by atoms with E-state index in [-0.39, 0.29) is 24.7 Å². The molecule has 120 valence electrons. The number of nitrogens with zero attached hydrogens (tertiary/aromatic N) is 1. The molecule has 2 rings (SSSR count). The second-order valence-corrected chi connectivity index (χ2v) is 6.03. The van der Waals surface area contributed by atoms with Gasteiger partial charge in [0.1, 0.15) is 17.9 Å². The van der Waals surface area contributed by atoms with Gasteiger partial charge in [0.15, 0.2) is 0 Å². The summed E-state index contributed by atoms with van der Waals surface area (Å²) in [5.74, 6) is 6.43. The number of aromatic nitrogens is 1. The molecule has 0 saturated heterocycles. The van der Waals surface area contributed by atoms with Gasteiger partial charge < -0.3 is 15.4 Å². The van der Waals surface area contributed by atoms with Crippen molar-refractivity contribution in [3.63, 3.8) is 0 Å². The van der Waals surface area contributed by atoms with Crippen LogP contribution >= 0.6 is 0 Å². The van der Waals surface area contributed by atoms with Crippen LogP contribution in [-0.4, -0.2) is 29.7 Å². The van der Waals surface area contributed by atoms with Crippen molar-refractivity contribution < 1.29 is 9.53 Å². The summed E-state index contributed by atoms with van der Waals surface area (Å²) in [4.78, 5) is 15.8. The lowest BCUT2D eigenvalue weighted by Gasteiger charge is -2.20. The Bertz CT molecular complexity index is 734. The summed E-state index contributed by atoms with van der Waals surface area (Å²) in [6.45, 7) is 6.29. The van der Waals surface area contributed by atoms with E-state index in [2.05, 4.69) is 27.5 Å². The maximum Gasteiger partial charge on any atom is 0.315 e. The second kappa shape index (κ2) is 7.50. The first-order valence-corrected chi connectivity index (χ1v) is 7.44. The van der Waals surface area contributed by atoms with E-state index in [1.54, 1.807) is 6.20 Å². The summed E-state index contributed by atoms with van der Waals surface area (Å²) in [7, 11) is 0. The third-order valence-electron chi connectivity index (χ3n) is 2.85. The number of para-hydroxylation sites is 1. The highest BCUT2D eigenvalue weighted by Gasteiger charge is 2.12. The van der Waals surface area contributed by atoms with Crippen molar-refractivity contribution in [3.05, 3.63) is 36.5 Å². The van der Waals surface area contributed by atoms with Crippen molar-refractivity contribution in [2.75, 3.05) is 13.2 Å². The molecule has 0 spiro atoms. The lowest BCUT2D eigenvalue weighted by atomic mass is 10.1. The summed E-state index contributed by atoms with van der Waals surface area (Å²) in [6, 6.07) is 9.42. The van der Waals surface area contributed by atoms with Crippen LogP contribution in [0, 0.1) is 11.8 Å². The van der Waals surface area contributed by atoms with Crippen molar-refractivity contribution in [3.8, 4) is 17.6 Å². The van der Waals surface area contributed by atoms with Crippen molar-refractivity contribution >= 4 is 16.9 Å². The molecular weight excluding hydrogens is 290 g/mol. The predicted octanol–water partition coefficient (Wildman–Crippen LogP) is 2.71. The summed E-state index contributed by atoms with van der Waals surface area (Å²) in [6.07, 6.45) is 1.73. The van der Waals surface area contributed by atoms with Crippen LogP contribution in [0.15, 0.2) is 36.5 Å². The molecule has 23 heavy (non-hydrogen) atoms. The minimum Gasteiger partial charge on any atom is -0.479 e. The van der Waals surface area contributed by atoms with Crippen molar-refractivity contribution in [1.29, 1.82) is 0 Å². The van der Waals surface area contributed by atoms with Crippen LogP contribution in [-0.2, 0) is 0 Å². The summed E-state index contributed by atoms with van der Waals surface area (Å²) >= 11 is 0. The van der Waals surface area contributed by atoms with E-state index in [1.165, 1.54) is 0 Å². The van der Waals surface area contributed by atoms with Gasteiger partial charge in [-0.05, 0) is 32.9 Å². The number of carbonyl (C=O) groups is 1. The molecule has 0 aliphatic rings. The van der Waals surface area contributed by atoms with Crippen LogP contribution in [0.5, 0.6) is 5.75 Å². The third-order valence-corrected chi connectivity index (χ3v) is 2.85. The number of rotatable bonds is 3. The zero-order chi connectivity index (χ0) is 16.7. The van der Waals surface area contributed by atoms with Gasteiger partial charge in [-0.3, -0.25) is 4.98 Å². The first kappa shape index (κ1) is 16.6. The highest BCUT2D eigenvalue weighted by Crippen LogP contribution is 2.22. The molecule has 0 atom stereocenters. The largest absolute Gasteiger partial charge is 0.479 e. The van der Waals surface area contributed by atoms with E-state index in [1.807, 2.05) is 51.1 Å². The van der Waals surface area contributed by atoms with E-state index < -0.39 is 0 Å². The molecule has 0 radical (unpaired) electrons. The second-order valence-electron chi connectivity index (χ2n) is 6.03. The Balaban J connectivity index is 1.80. The summed E-state index contributed by atoms with van der Waals surface area (Å²) in [5, 5.41) is 6.50. The normalized spacial score (nSPS) is 10.6. The van der Waals surface area contributed by atoms with Gasteiger partial charge in [0.2, 0.25) is 0 Å². The monoisotopic (exact) mass is 311 g/mol. The number of ether oxygens (including phenoxy) is 1. The Kier molecular flexibility index (Phi) is 5.42. The van der Waals surface area contributed by atoms with Crippen molar-refractivity contribution in [2.45, 2.75) is 26.3 Å². The number of urea groups is 1. The van der Waals surface area contributed by atoms with Gasteiger partial charge in [-0.1, -0.05) is 30.0 Å². The van der Waals surface area contributed by atoms with E-state index in [0.717, 1.165) is 10.9 Å². The van der Waals surface area contributed by atoms with Gasteiger partial charge in [-0.15, -0.1) is 0 Å². The molecule has 1 heterocycles. The Labute approximate surface area is 136 Å². The van der Waals surface area contributed by atoms with Gasteiger partial charge in [0.05, 0.1) is 6.54 Å². The number of amides is 2. The Morgan fingerprint density at radius 2 is 2.00 bits per heavy atom. The number of pyridine rings is 1. The maximum atomic E-state index is 11.5. The van der Waals surface area contributed by atoms with Gasteiger partial charge in [0, 0.05) is 17.1 Å². The number of hydrogen-bond acceptors (Lipinski definition) is 3. The topological polar surface area (TPSA) is 63.2 Å². The van der Waals surface area contributed by atoms with Crippen LogP contribution in [0.25, 0.3) is 10.9 Å². The molecule has 0 aliphatic heterocycles. The van der Waals surface area contributed by atoms with E-state index >= 15 is 0 Å². The minimum atomic E-state index is -0.262. The smallest absolute Gasteiger partial charge is 0.315 e. The van der Waals surface area contributed by atoms with Gasteiger partial charge in [-0.2, -0.15) is 0 Å². The van der Waals surface area contributed by atoms with Crippen molar-refractivity contribution in [1.82, 2.24) is 15.6 Å². The molecule has 0 fully saturated rings. The molecule has 0 saturated carbocycles. The zero-order valence-corrected chi connectivity index (χ0v) is 13.6. The highest BCUT2D eigenvalue weighted by atomic mass is 16.5. The molecule has 0 aliphatic carbocycles. The lowest BCUT2D eigenvalue weighted by molar-refractivity contribution is 0.233. The molecule has 5 heteroatoms. The number of fused-ring (bicyclic) bond motifs is 1. The fraction of sp³-hybridized carbons (Fsp3) is 0.333. The van der Waals surface area contributed by atoms with Crippen LogP contribution in [0.1, 0.15) is 20.8 Å². The number of nitrogens with one attached hydrogen (secondary N) is 2. The molecular formula is C18H21N3O2. The molecule has 5 nitrogen and oxygen atoms in total. The lowest BCUT2D eigenvalue weighted by Crippen LogP contribution is -2.46. The third kappa shape index (κ3) is 5.51. The van der Waals surface area contributed by atoms with E-state index in [4.69, 9.17) is 4.74 Å². The van der Waals surface area contributed by atoms with E-state index in [0.29, 0.717) is 5.75 Å². The number of benzene rings is 1. The maximum absolute atomic E-state index is 11.5. The van der Waals surface area contributed by atoms with Crippen LogP contribution in [0.4, 0.5) is 4.79 Å². The van der Waals surface area contributed by atoms with Gasteiger partial charge in [-0.25, -0.2) is 4.79 Å². The standard InChI is InChI=1S/C18H21N3O2/c1-18(2,3)21-17(22)20-11-4-5-13-23-15-10-6-8-14-9-7-12-19-16(14)15/h6-10,12H,11,13H2,1-3H3,(H2,20,21,22). The van der Waals surface area contributed by atoms with Crippen LogP contribution < -0.4 is 15.4 Å².